The maximum atomic E-state index is 11.9. The molecule has 0 radical (unpaired) electrons. The molecule has 2 amide bonds. The Balaban J connectivity index is 2.02. The van der Waals surface area contributed by atoms with Crippen LogP contribution in [0.2, 0.25) is 0 Å². The molecule has 1 saturated heterocycles. The van der Waals surface area contributed by atoms with Crippen molar-refractivity contribution >= 4 is 11.7 Å². The lowest BCUT2D eigenvalue weighted by Crippen LogP contribution is -2.32. The quantitative estimate of drug-likeness (QED) is 0.736. The smallest absolute Gasteiger partial charge is 0.321 e. The van der Waals surface area contributed by atoms with E-state index >= 15 is 0 Å². The summed E-state index contributed by atoms with van der Waals surface area (Å²) in [6.45, 7) is 2.03. The summed E-state index contributed by atoms with van der Waals surface area (Å²) in [5, 5.41) is 2.89. The fourth-order valence-electron chi connectivity index (χ4n) is 1.95. The van der Waals surface area contributed by atoms with Crippen molar-refractivity contribution in [2.45, 2.75) is 12.8 Å². The van der Waals surface area contributed by atoms with Crippen LogP contribution in [0.3, 0.4) is 0 Å². The van der Waals surface area contributed by atoms with Gasteiger partial charge in [-0.2, -0.15) is 0 Å². The zero-order chi connectivity index (χ0) is 12.8. The molecule has 1 aromatic rings. The first-order valence-corrected chi connectivity index (χ1v) is 6.14. The van der Waals surface area contributed by atoms with Crippen molar-refractivity contribution in [3.05, 3.63) is 29.8 Å². The van der Waals surface area contributed by atoms with Gasteiger partial charge in [-0.1, -0.05) is 17.9 Å². The van der Waals surface area contributed by atoms with Gasteiger partial charge in [0.25, 0.3) is 0 Å². The minimum atomic E-state index is -0.0311. The predicted octanol–water partition coefficient (Wildman–Crippen LogP) is 1.62. The van der Waals surface area contributed by atoms with Gasteiger partial charge >= 0.3 is 6.03 Å². The van der Waals surface area contributed by atoms with Gasteiger partial charge in [0, 0.05) is 24.3 Å². The van der Waals surface area contributed by atoms with Crippen LogP contribution in [0, 0.1) is 11.8 Å². The van der Waals surface area contributed by atoms with Crippen LogP contribution in [-0.4, -0.2) is 30.6 Å². The maximum absolute atomic E-state index is 11.9. The highest BCUT2D eigenvalue weighted by atomic mass is 16.2. The second-order valence-electron chi connectivity index (χ2n) is 4.21. The topological polar surface area (TPSA) is 58.4 Å². The van der Waals surface area contributed by atoms with E-state index < -0.39 is 0 Å². The summed E-state index contributed by atoms with van der Waals surface area (Å²) in [6.07, 6.45) is 2.19. The Morgan fingerprint density at radius 1 is 1.39 bits per heavy atom. The van der Waals surface area contributed by atoms with Crippen LogP contribution in [-0.2, 0) is 0 Å². The third kappa shape index (κ3) is 3.25. The third-order valence-corrected chi connectivity index (χ3v) is 2.84. The van der Waals surface area contributed by atoms with Crippen molar-refractivity contribution < 1.29 is 4.79 Å². The Bertz CT molecular complexity index is 481. The number of amides is 2. The minimum Gasteiger partial charge on any atom is -0.325 e. The molecule has 0 spiro atoms. The molecule has 1 fully saturated rings. The average molecular weight is 243 g/mol. The molecule has 1 heterocycles. The molecule has 4 heteroatoms. The Hall–Kier alpha value is -1.99. The van der Waals surface area contributed by atoms with Crippen molar-refractivity contribution in [3.8, 4) is 11.8 Å². The molecule has 1 aromatic carbocycles. The van der Waals surface area contributed by atoms with Gasteiger partial charge in [-0.05, 0) is 31.0 Å². The highest BCUT2D eigenvalue weighted by molar-refractivity contribution is 5.89. The molecule has 0 aliphatic carbocycles. The van der Waals surface area contributed by atoms with Crippen LogP contribution in [0.25, 0.3) is 0 Å². The zero-order valence-electron chi connectivity index (χ0n) is 10.3. The summed E-state index contributed by atoms with van der Waals surface area (Å²) in [6, 6.07) is 7.46. The summed E-state index contributed by atoms with van der Waals surface area (Å²) in [7, 11) is 0. The summed E-state index contributed by atoms with van der Waals surface area (Å²) in [4.78, 5) is 13.7. The second kappa shape index (κ2) is 6.08. The van der Waals surface area contributed by atoms with Gasteiger partial charge in [0.15, 0.2) is 0 Å². The van der Waals surface area contributed by atoms with Gasteiger partial charge in [-0.15, -0.1) is 0 Å². The molecule has 0 unspecified atom stereocenters. The number of carbonyl (C=O) groups is 1. The molecule has 4 nitrogen and oxygen atoms in total. The number of nitrogens with zero attached hydrogens (tertiary/aromatic N) is 1. The van der Waals surface area contributed by atoms with E-state index in [9.17, 15) is 4.79 Å². The lowest BCUT2D eigenvalue weighted by molar-refractivity contribution is 0.222. The van der Waals surface area contributed by atoms with Crippen molar-refractivity contribution in [1.82, 2.24) is 4.90 Å². The molecular weight excluding hydrogens is 226 g/mol. The Labute approximate surface area is 107 Å². The van der Waals surface area contributed by atoms with Gasteiger partial charge in [-0.3, -0.25) is 0 Å². The molecular formula is C14H17N3O. The summed E-state index contributed by atoms with van der Waals surface area (Å²) in [5.41, 5.74) is 6.96. The van der Waals surface area contributed by atoms with Gasteiger partial charge < -0.3 is 16.0 Å². The SMILES string of the molecule is NCC#Cc1cccc(NC(=O)N2CCCC2)c1. The fraction of sp³-hybridized carbons (Fsp3) is 0.357. The number of nitrogens with one attached hydrogen (secondary N) is 1. The van der Waals surface area contributed by atoms with Crippen molar-refractivity contribution in [2.75, 3.05) is 25.0 Å². The first kappa shape index (κ1) is 12.5. The molecule has 3 N–H and O–H groups in total. The highest BCUT2D eigenvalue weighted by Crippen LogP contribution is 2.13. The van der Waals surface area contributed by atoms with Gasteiger partial charge in [-0.25, -0.2) is 4.79 Å². The lowest BCUT2D eigenvalue weighted by atomic mass is 10.2. The Morgan fingerprint density at radius 3 is 2.89 bits per heavy atom. The van der Waals surface area contributed by atoms with Crippen molar-refractivity contribution in [1.29, 1.82) is 0 Å². The lowest BCUT2D eigenvalue weighted by Gasteiger charge is -2.16. The van der Waals surface area contributed by atoms with Gasteiger partial charge in [0.2, 0.25) is 0 Å². The van der Waals surface area contributed by atoms with Crippen LogP contribution in [0.1, 0.15) is 18.4 Å². The van der Waals surface area contributed by atoms with Crippen LogP contribution in [0.5, 0.6) is 0 Å². The molecule has 0 atom stereocenters. The summed E-state index contributed by atoms with van der Waals surface area (Å²) < 4.78 is 0. The van der Waals surface area contributed by atoms with Gasteiger partial charge in [0.1, 0.15) is 0 Å². The zero-order valence-corrected chi connectivity index (χ0v) is 10.3. The van der Waals surface area contributed by atoms with Crippen molar-refractivity contribution in [3.63, 3.8) is 0 Å². The van der Waals surface area contributed by atoms with Gasteiger partial charge in [0.05, 0.1) is 6.54 Å². The number of benzene rings is 1. The van der Waals surface area contributed by atoms with E-state index in [2.05, 4.69) is 17.2 Å². The standard InChI is InChI=1S/C14H17N3O/c15-8-4-6-12-5-3-7-13(11-12)16-14(18)17-9-1-2-10-17/h3,5,7,11H,1-2,8-10,15H2,(H,16,18). The fourth-order valence-corrected chi connectivity index (χ4v) is 1.95. The van der Waals surface area contributed by atoms with Crippen LogP contribution >= 0.6 is 0 Å². The molecule has 94 valence electrons. The van der Waals surface area contributed by atoms with Crippen LogP contribution in [0.4, 0.5) is 10.5 Å². The predicted molar refractivity (Wildman–Crippen MR) is 72.2 cm³/mol. The van der Waals surface area contributed by atoms with E-state index in [1.807, 2.05) is 29.2 Å². The number of hydrogen-bond acceptors (Lipinski definition) is 2. The average Bonchev–Trinajstić information content (AvgIpc) is 2.91. The minimum absolute atomic E-state index is 0.0311. The molecule has 1 aliphatic rings. The van der Waals surface area contributed by atoms with E-state index in [1.54, 1.807) is 0 Å². The molecule has 2 rings (SSSR count). The Kier molecular flexibility index (Phi) is 4.21. The van der Waals surface area contributed by atoms with Crippen LogP contribution in [0.15, 0.2) is 24.3 Å². The first-order chi connectivity index (χ1) is 8.79. The van der Waals surface area contributed by atoms with E-state index in [0.29, 0.717) is 6.54 Å². The number of rotatable bonds is 1. The number of likely N-dealkylation sites (tertiary alicyclic amines) is 1. The van der Waals surface area contributed by atoms with Crippen LogP contribution < -0.4 is 11.1 Å². The second-order valence-corrected chi connectivity index (χ2v) is 4.21. The first-order valence-electron chi connectivity index (χ1n) is 6.14. The maximum Gasteiger partial charge on any atom is 0.321 e. The number of hydrogen-bond donors (Lipinski definition) is 2. The molecule has 0 saturated carbocycles. The Morgan fingerprint density at radius 2 is 2.17 bits per heavy atom. The largest absolute Gasteiger partial charge is 0.325 e. The third-order valence-electron chi connectivity index (χ3n) is 2.84. The normalized spacial score (nSPS) is 13.9. The van der Waals surface area contributed by atoms with E-state index in [-0.39, 0.29) is 6.03 Å². The molecule has 0 aromatic heterocycles. The van der Waals surface area contributed by atoms with E-state index in [4.69, 9.17) is 5.73 Å². The number of nitrogens with two attached hydrogens (primary N) is 1. The summed E-state index contributed by atoms with van der Waals surface area (Å²) in [5.74, 6) is 5.74. The molecule has 1 aliphatic heterocycles. The van der Waals surface area contributed by atoms with E-state index in [1.165, 1.54) is 0 Å². The number of carbonyl (C=O) groups excluding carboxylic acids is 1. The summed E-state index contributed by atoms with van der Waals surface area (Å²) >= 11 is 0. The number of anilines is 1. The molecule has 18 heavy (non-hydrogen) atoms. The van der Waals surface area contributed by atoms with E-state index in [0.717, 1.165) is 37.2 Å². The molecule has 0 bridgehead atoms. The monoisotopic (exact) mass is 243 g/mol. The highest BCUT2D eigenvalue weighted by Gasteiger charge is 2.17. The van der Waals surface area contributed by atoms with Crippen molar-refractivity contribution in [2.24, 2.45) is 5.73 Å². The number of urea groups is 1.